The molecule has 3 aliphatic carbocycles. The summed E-state index contributed by atoms with van der Waals surface area (Å²) >= 11 is 0. The Balaban J connectivity index is 1.81. The van der Waals surface area contributed by atoms with Crippen molar-refractivity contribution in [1.82, 2.24) is 0 Å². The van der Waals surface area contributed by atoms with Gasteiger partial charge in [-0.3, -0.25) is 4.79 Å². The quantitative estimate of drug-likeness (QED) is 0.812. The monoisotopic (exact) mass is 252 g/mol. The van der Waals surface area contributed by atoms with Gasteiger partial charge in [0.1, 0.15) is 0 Å². The lowest BCUT2D eigenvalue weighted by molar-refractivity contribution is -0.159. The Kier molecular flexibility index (Phi) is 2.92. The van der Waals surface area contributed by atoms with Crippen molar-refractivity contribution in [3.63, 3.8) is 0 Å². The summed E-state index contributed by atoms with van der Waals surface area (Å²) in [6.45, 7) is 0. The molecular formula is C15H24O3. The van der Waals surface area contributed by atoms with Gasteiger partial charge in [-0.1, -0.05) is 25.7 Å². The van der Waals surface area contributed by atoms with Gasteiger partial charge < -0.3 is 10.2 Å². The first-order valence-corrected chi connectivity index (χ1v) is 7.50. The summed E-state index contributed by atoms with van der Waals surface area (Å²) in [5.74, 6) is 0.290. The van der Waals surface area contributed by atoms with E-state index in [1.54, 1.807) is 0 Å². The van der Waals surface area contributed by atoms with Crippen LogP contribution >= 0.6 is 0 Å². The number of carboxylic acids is 1. The van der Waals surface area contributed by atoms with Crippen molar-refractivity contribution >= 4 is 5.97 Å². The topological polar surface area (TPSA) is 57.5 Å². The Morgan fingerprint density at radius 2 is 1.89 bits per heavy atom. The third-order valence-corrected chi connectivity index (χ3v) is 5.83. The van der Waals surface area contributed by atoms with Crippen LogP contribution < -0.4 is 0 Å². The fourth-order valence-electron chi connectivity index (χ4n) is 4.97. The Morgan fingerprint density at radius 3 is 2.39 bits per heavy atom. The highest BCUT2D eigenvalue weighted by Gasteiger charge is 2.58. The highest BCUT2D eigenvalue weighted by Crippen LogP contribution is 2.60. The van der Waals surface area contributed by atoms with Gasteiger partial charge in [0.25, 0.3) is 0 Å². The molecule has 0 radical (unpaired) electrons. The van der Waals surface area contributed by atoms with Gasteiger partial charge in [0, 0.05) is 0 Å². The molecule has 3 aliphatic rings. The number of rotatable bonds is 3. The molecular weight excluding hydrogens is 228 g/mol. The molecule has 0 spiro atoms. The van der Waals surface area contributed by atoms with Crippen LogP contribution in [-0.2, 0) is 4.79 Å². The summed E-state index contributed by atoms with van der Waals surface area (Å²) in [4.78, 5) is 11.8. The number of fused-ring (bicyclic) bond motifs is 2. The lowest BCUT2D eigenvalue weighted by Gasteiger charge is -2.42. The van der Waals surface area contributed by atoms with Crippen LogP contribution in [0.15, 0.2) is 0 Å². The maximum absolute atomic E-state index is 11.8. The first-order valence-electron chi connectivity index (χ1n) is 7.50. The van der Waals surface area contributed by atoms with Gasteiger partial charge in [0.05, 0.1) is 11.0 Å². The van der Waals surface area contributed by atoms with Gasteiger partial charge in [-0.25, -0.2) is 0 Å². The van der Waals surface area contributed by atoms with Gasteiger partial charge in [0.15, 0.2) is 0 Å². The van der Waals surface area contributed by atoms with E-state index >= 15 is 0 Å². The van der Waals surface area contributed by atoms with Crippen LogP contribution in [0.25, 0.3) is 0 Å². The van der Waals surface area contributed by atoms with Crippen LogP contribution in [0.1, 0.15) is 64.2 Å². The van der Waals surface area contributed by atoms with E-state index < -0.39 is 17.0 Å². The number of hydrogen-bond donors (Lipinski definition) is 2. The minimum atomic E-state index is -0.693. The van der Waals surface area contributed by atoms with Crippen LogP contribution in [0.2, 0.25) is 0 Å². The molecule has 0 aromatic heterocycles. The second kappa shape index (κ2) is 4.22. The van der Waals surface area contributed by atoms with Crippen LogP contribution in [0.4, 0.5) is 0 Å². The molecule has 18 heavy (non-hydrogen) atoms. The predicted molar refractivity (Wildman–Crippen MR) is 68.2 cm³/mol. The van der Waals surface area contributed by atoms with E-state index in [0.717, 1.165) is 44.9 Å². The Labute approximate surface area is 109 Å². The zero-order chi connectivity index (χ0) is 12.8. The molecule has 2 N–H and O–H groups in total. The number of carbonyl (C=O) groups is 1. The van der Waals surface area contributed by atoms with Crippen molar-refractivity contribution in [2.45, 2.75) is 69.8 Å². The number of aliphatic carboxylic acids is 1. The average molecular weight is 252 g/mol. The maximum Gasteiger partial charge on any atom is 0.310 e. The second-order valence-electron chi connectivity index (χ2n) is 7.00. The zero-order valence-electron chi connectivity index (χ0n) is 11.0. The number of hydrogen-bond acceptors (Lipinski definition) is 2. The SMILES string of the molecule is O=C(O)C1(CC2(O)CCCCC2)CC2CCC1C2. The third kappa shape index (κ3) is 1.87. The Bertz CT molecular complexity index is 346. The summed E-state index contributed by atoms with van der Waals surface area (Å²) in [5.41, 5.74) is -1.30. The van der Waals surface area contributed by atoms with E-state index in [1.165, 1.54) is 12.8 Å². The number of carboxylic acid groups (broad SMARTS) is 1. The van der Waals surface area contributed by atoms with Gasteiger partial charge in [-0.05, 0) is 50.4 Å². The lowest BCUT2D eigenvalue weighted by atomic mass is 9.64. The third-order valence-electron chi connectivity index (χ3n) is 5.83. The van der Waals surface area contributed by atoms with E-state index in [-0.39, 0.29) is 0 Å². The largest absolute Gasteiger partial charge is 0.481 e. The van der Waals surface area contributed by atoms with E-state index in [9.17, 15) is 15.0 Å². The minimum Gasteiger partial charge on any atom is -0.481 e. The van der Waals surface area contributed by atoms with Gasteiger partial charge in [-0.15, -0.1) is 0 Å². The molecule has 0 aliphatic heterocycles. The van der Waals surface area contributed by atoms with Crippen molar-refractivity contribution in [3.8, 4) is 0 Å². The van der Waals surface area contributed by atoms with Gasteiger partial charge in [-0.2, -0.15) is 0 Å². The van der Waals surface area contributed by atoms with Gasteiger partial charge in [0.2, 0.25) is 0 Å². The fraction of sp³-hybridized carbons (Fsp3) is 0.933. The Hall–Kier alpha value is -0.570. The molecule has 0 saturated heterocycles. The van der Waals surface area contributed by atoms with Crippen molar-refractivity contribution in [2.24, 2.45) is 17.3 Å². The normalized spacial score (nSPS) is 42.1. The maximum atomic E-state index is 11.8. The van der Waals surface area contributed by atoms with E-state index in [4.69, 9.17) is 0 Å². The predicted octanol–water partition coefficient (Wildman–Crippen LogP) is 2.96. The van der Waals surface area contributed by atoms with E-state index in [2.05, 4.69) is 0 Å². The summed E-state index contributed by atoms with van der Waals surface area (Å²) in [7, 11) is 0. The molecule has 3 unspecified atom stereocenters. The van der Waals surface area contributed by atoms with Crippen LogP contribution in [0.3, 0.4) is 0 Å². The molecule has 0 aromatic carbocycles. The van der Waals surface area contributed by atoms with Crippen molar-refractivity contribution < 1.29 is 15.0 Å². The molecule has 0 amide bonds. The van der Waals surface area contributed by atoms with Crippen molar-refractivity contribution in [2.75, 3.05) is 0 Å². The summed E-state index contributed by atoms with van der Waals surface area (Å²) < 4.78 is 0. The summed E-state index contributed by atoms with van der Waals surface area (Å²) in [6.07, 6.45) is 9.59. The van der Waals surface area contributed by atoms with E-state index in [0.29, 0.717) is 18.3 Å². The van der Waals surface area contributed by atoms with Crippen LogP contribution in [-0.4, -0.2) is 21.8 Å². The highest BCUT2D eigenvalue weighted by atomic mass is 16.4. The minimum absolute atomic E-state index is 0.325. The molecule has 2 bridgehead atoms. The standard InChI is InChI=1S/C15H24O3/c16-13(17)15(9-11-4-5-12(15)8-11)10-14(18)6-2-1-3-7-14/h11-12,18H,1-10H2,(H,16,17). The molecule has 3 nitrogen and oxygen atoms in total. The lowest BCUT2D eigenvalue weighted by Crippen LogP contribution is -2.45. The molecule has 3 heteroatoms. The van der Waals surface area contributed by atoms with Crippen molar-refractivity contribution in [3.05, 3.63) is 0 Å². The molecule has 102 valence electrons. The molecule has 0 heterocycles. The summed E-state index contributed by atoms with van der Waals surface area (Å²) in [5, 5.41) is 20.4. The molecule has 0 aromatic rings. The van der Waals surface area contributed by atoms with Crippen LogP contribution in [0, 0.1) is 17.3 Å². The molecule has 3 atom stereocenters. The van der Waals surface area contributed by atoms with Crippen LogP contribution in [0.5, 0.6) is 0 Å². The highest BCUT2D eigenvalue weighted by molar-refractivity contribution is 5.76. The van der Waals surface area contributed by atoms with Crippen molar-refractivity contribution in [1.29, 1.82) is 0 Å². The molecule has 3 saturated carbocycles. The molecule has 3 fully saturated rings. The van der Waals surface area contributed by atoms with E-state index in [1.807, 2.05) is 0 Å². The van der Waals surface area contributed by atoms with Gasteiger partial charge >= 0.3 is 5.97 Å². The smallest absolute Gasteiger partial charge is 0.310 e. The fourth-order valence-corrected chi connectivity index (χ4v) is 4.97. The first kappa shape index (κ1) is 12.5. The summed E-state index contributed by atoms with van der Waals surface area (Å²) in [6, 6.07) is 0. The number of aliphatic hydroxyl groups is 1. The Morgan fingerprint density at radius 1 is 1.17 bits per heavy atom. The first-order chi connectivity index (χ1) is 8.54. The zero-order valence-corrected chi connectivity index (χ0v) is 11.0. The second-order valence-corrected chi connectivity index (χ2v) is 7.00. The molecule has 3 rings (SSSR count). The average Bonchev–Trinajstić information content (AvgIpc) is 2.90.